The lowest BCUT2D eigenvalue weighted by Crippen LogP contribution is -2.45. The number of benzene rings is 1. The molecule has 1 saturated heterocycles. The Bertz CT molecular complexity index is 782. The number of halogens is 1. The molecule has 1 aliphatic carbocycles. The first-order chi connectivity index (χ1) is 13.7. The molecule has 1 saturated carbocycles. The van der Waals surface area contributed by atoms with Gasteiger partial charge in [-0.05, 0) is 43.4 Å². The van der Waals surface area contributed by atoms with Gasteiger partial charge in [0.25, 0.3) is 0 Å². The molecule has 0 atom stereocenters. The van der Waals surface area contributed by atoms with Crippen LogP contribution in [0.2, 0.25) is 5.02 Å². The lowest BCUT2D eigenvalue weighted by Gasteiger charge is -2.34. The van der Waals surface area contributed by atoms with E-state index in [1.807, 2.05) is 12.1 Å². The molecule has 2 heterocycles. The topological polar surface area (TPSA) is 58.1 Å². The molecule has 1 aromatic carbocycles. The van der Waals surface area contributed by atoms with Crippen LogP contribution in [-0.2, 0) is 10.2 Å². The molecule has 148 valence electrons. The molecule has 1 aromatic heterocycles. The standard InChI is InChI=1S/C22H27ClN4O/c23-19-5-3-18(4-6-19)22(9-1-2-10-22)16-26-21(28)17-7-13-27(14-8-17)20-15-24-11-12-25-20/h3-6,11-12,15,17H,1-2,7-10,13-14,16H2,(H,26,28). The molecule has 0 bridgehead atoms. The van der Waals surface area contributed by atoms with Crippen LogP contribution in [0.15, 0.2) is 42.9 Å². The van der Waals surface area contributed by atoms with Gasteiger partial charge in [0.2, 0.25) is 5.91 Å². The normalized spacial score (nSPS) is 19.5. The van der Waals surface area contributed by atoms with Crippen LogP contribution in [0.3, 0.4) is 0 Å². The average Bonchev–Trinajstić information content (AvgIpc) is 3.23. The zero-order chi connectivity index (χ0) is 19.4. The van der Waals surface area contributed by atoms with Crippen molar-refractivity contribution in [3.05, 3.63) is 53.4 Å². The summed E-state index contributed by atoms with van der Waals surface area (Å²) in [6.07, 6.45) is 11.6. The number of carbonyl (C=O) groups is 1. The number of aromatic nitrogens is 2. The fourth-order valence-corrected chi connectivity index (χ4v) is 4.77. The second-order valence-electron chi connectivity index (χ2n) is 8.04. The maximum Gasteiger partial charge on any atom is 0.223 e. The van der Waals surface area contributed by atoms with Gasteiger partial charge in [-0.2, -0.15) is 0 Å². The molecule has 4 rings (SSSR count). The van der Waals surface area contributed by atoms with E-state index in [-0.39, 0.29) is 17.2 Å². The minimum Gasteiger partial charge on any atom is -0.355 e. The van der Waals surface area contributed by atoms with E-state index in [2.05, 4.69) is 32.3 Å². The van der Waals surface area contributed by atoms with Crippen molar-refractivity contribution in [2.45, 2.75) is 43.9 Å². The van der Waals surface area contributed by atoms with Crippen molar-refractivity contribution in [3.63, 3.8) is 0 Å². The number of anilines is 1. The molecule has 0 unspecified atom stereocenters. The molecular weight excluding hydrogens is 372 g/mol. The van der Waals surface area contributed by atoms with Gasteiger partial charge in [-0.25, -0.2) is 4.98 Å². The highest BCUT2D eigenvalue weighted by Crippen LogP contribution is 2.41. The van der Waals surface area contributed by atoms with Gasteiger partial charge in [0.15, 0.2) is 0 Å². The van der Waals surface area contributed by atoms with E-state index >= 15 is 0 Å². The number of amides is 1. The lowest BCUT2D eigenvalue weighted by atomic mass is 9.78. The first-order valence-electron chi connectivity index (χ1n) is 10.2. The predicted molar refractivity (Wildman–Crippen MR) is 112 cm³/mol. The van der Waals surface area contributed by atoms with E-state index in [0.29, 0.717) is 0 Å². The summed E-state index contributed by atoms with van der Waals surface area (Å²) in [5, 5.41) is 4.04. The van der Waals surface area contributed by atoms with E-state index in [1.165, 1.54) is 18.4 Å². The molecule has 0 radical (unpaired) electrons. The Morgan fingerprint density at radius 1 is 1.14 bits per heavy atom. The van der Waals surface area contributed by atoms with Crippen molar-refractivity contribution < 1.29 is 4.79 Å². The molecule has 1 N–H and O–H groups in total. The average molecular weight is 399 g/mol. The number of piperidine rings is 1. The Labute approximate surface area is 171 Å². The van der Waals surface area contributed by atoms with Crippen LogP contribution in [0.25, 0.3) is 0 Å². The van der Waals surface area contributed by atoms with Crippen molar-refractivity contribution in [1.29, 1.82) is 0 Å². The molecular formula is C22H27ClN4O. The van der Waals surface area contributed by atoms with E-state index in [9.17, 15) is 4.79 Å². The number of carbonyl (C=O) groups excluding carboxylic acids is 1. The van der Waals surface area contributed by atoms with Gasteiger partial charge in [-0.1, -0.05) is 36.6 Å². The van der Waals surface area contributed by atoms with Gasteiger partial charge in [0, 0.05) is 48.4 Å². The summed E-state index contributed by atoms with van der Waals surface area (Å²) in [5.74, 6) is 1.17. The predicted octanol–water partition coefficient (Wildman–Crippen LogP) is 3.97. The Balaban J connectivity index is 1.34. The molecule has 0 spiro atoms. The summed E-state index contributed by atoms with van der Waals surface area (Å²) >= 11 is 6.07. The van der Waals surface area contributed by atoms with Crippen molar-refractivity contribution >= 4 is 23.3 Å². The van der Waals surface area contributed by atoms with Gasteiger partial charge in [-0.15, -0.1) is 0 Å². The second-order valence-corrected chi connectivity index (χ2v) is 8.47. The van der Waals surface area contributed by atoms with Gasteiger partial charge in [0.05, 0.1) is 6.20 Å². The fourth-order valence-electron chi connectivity index (χ4n) is 4.65. The number of hydrogen-bond donors (Lipinski definition) is 1. The van der Waals surface area contributed by atoms with E-state index in [0.717, 1.165) is 56.2 Å². The van der Waals surface area contributed by atoms with Crippen LogP contribution >= 0.6 is 11.6 Å². The molecule has 1 amide bonds. The third-order valence-electron chi connectivity index (χ3n) is 6.36. The molecule has 2 fully saturated rings. The molecule has 2 aliphatic rings. The summed E-state index contributed by atoms with van der Waals surface area (Å²) in [6, 6.07) is 8.17. The third kappa shape index (κ3) is 4.14. The van der Waals surface area contributed by atoms with Crippen molar-refractivity contribution in [2.75, 3.05) is 24.5 Å². The first kappa shape index (κ1) is 19.2. The maximum atomic E-state index is 12.8. The SMILES string of the molecule is O=C(NCC1(c2ccc(Cl)cc2)CCCC1)C1CCN(c2cnccn2)CC1. The van der Waals surface area contributed by atoms with Crippen molar-refractivity contribution in [1.82, 2.24) is 15.3 Å². The molecule has 2 aromatic rings. The van der Waals surface area contributed by atoms with Crippen LogP contribution in [0.4, 0.5) is 5.82 Å². The lowest BCUT2D eigenvalue weighted by molar-refractivity contribution is -0.125. The van der Waals surface area contributed by atoms with Crippen LogP contribution < -0.4 is 10.2 Å². The fraction of sp³-hybridized carbons (Fsp3) is 0.500. The minimum absolute atomic E-state index is 0.0561. The second kappa shape index (κ2) is 8.48. The summed E-state index contributed by atoms with van der Waals surface area (Å²) < 4.78 is 0. The largest absolute Gasteiger partial charge is 0.355 e. The molecule has 5 nitrogen and oxygen atoms in total. The Kier molecular flexibility index (Phi) is 5.81. The quantitative estimate of drug-likeness (QED) is 0.827. The summed E-state index contributed by atoms with van der Waals surface area (Å²) in [4.78, 5) is 23.6. The zero-order valence-electron chi connectivity index (χ0n) is 16.1. The van der Waals surface area contributed by atoms with Crippen molar-refractivity contribution in [2.24, 2.45) is 5.92 Å². The van der Waals surface area contributed by atoms with Crippen LogP contribution in [0.5, 0.6) is 0 Å². The number of hydrogen-bond acceptors (Lipinski definition) is 4. The van der Waals surface area contributed by atoms with Crippen LogP contribution in [0.1, 0.15) is 44.1 Å². The molecule has 6 heteroatoms. The van der Waals surface area contributed by atoms with E-state index in [4.69, 9.17) is 11.6 Å². The highest BCUT2D eigenvalue weighted by Gasteiger charge is 2.36. The highest BCUT2D eigenvalue weighted by atomic mass is 35.5. The number of rotatable bonds is 5. The summed E-state index contributed by atoms with van der Waals surface area (Å²) in [5.41, 5.74) is 1.35. The van der Waals surface area contributed by atoms with Gasteiger partial charge in [-0.3, -0.25) is 9.78 Å². The Morgan fingerprint density at radius 3 is 2.50 bits per heavy atom. The highest BCUT2D eigenvalue weighted by molar-refractivity contribution is 6.30. The summed E-state index contributed by atoms with van der Waals surface area (Å²) in [6.45, 7) is 2.41. The van der Waals surface area contributed by atoms with Crippen LogP contribution in [-0.4, -0.2) is 35.5 Å². The van der Waals surface area contributed by atoms with Crippen molar-refractivity contribution in [3.8, 4) is 0 Å². The van der Waals surface area contributed by atoms with Gasteiger partial charge >= 0.3 is 0 Å². The first-order valence-corrected chi connectivity index (χ1v) is 10.6. The number of nitrogens with zero attached hydrogens (tertiary/aromatic N) is 3. The number of nitrogens with one attached hydrogen (secondary N) is 1. The monoisotopic (exact) mass is 398 g/mol. The Hall–Kier alpha value is -2.14. The van der Waals surface area contributed by atoms with E-state index in [1.54, 1.807) is 18.6 Å². The third-order valence-corrected chi connectivity index (χ3v) is 6.61. The molecule has 1 aliphatic heterocycles. The van der Waals surface area contributed by atoms with Gasteiger partial charge in [0.1, 0.15) is 5.82 Å². The van der Waals surface area contributed by atoms with Crippen LogP contribution in [0, 0.1) is 5.92 Å². The molecule has 28 heavy (non-hydrogen) atoms. The van der Waals surface area contributed by atoms with E-state index < -0.39 is 0 Å². The zero-order valence-corrected chi connectivity index (χ0v) is 16.9. The Morgan fingerprint density at radius 2 is 1.86 bits per heavy atom. The van der Waals surface area contributed by atoms with Gasteiger partial charge < -0.3 is 10.2 Å². The summed E-state index contributed by atoms with van der Waals surface area (Å²) in [7, 11) is 0. The minimum atomic E-state index is 0.0561. The smallest absolute Gasteiger partial charge is 0.223 e. The maximum absolute atomic E-state index is 12.8.